The molecule has 2 rings (SSSR count). The lowest BCUT2D eigenvalue weighted by molar-refractivity contribution is -0.384. The molecule has 8 nitrogen and oxygen atoms in total. The van der Waals surface area contributed by atoms with E-state index < -0.39 is 26.8 Å². The van der Waals surface area contributed by atoms with E-state index >= 15 is 0 Å². The van der Waals surface area contributed by atoms with Gasteiger partial charge in [-0.3, -0.25) is 10.1 Å². The van der Waals surface area contributed by atoms with Crippen LogP contribution in [-0.4, -0.2) is 26.0 Å². The van der Waals surface area contributed by atoms with Crippen LogP contribution in [0, 0.1) is 10.1 Å². The van der Waals surface area contributed by atoms with Gasteiger partial charge in [0.1, 0.15) is 0 Å². The van der Waals surface area contributed by atoms with Crippen molar-refractivity contribution in [2.45, 2.75) is 12.7 Å². The highest BCUT2D eigenvalue weighted by Crippen LogP contribution is 2.36. The van der Waals surface area contributed by atoms with Crippen LogP contribution in [0.2, 0.25) is 0 Å². The van der Waals surface area contributed by atoms with Crippen molar-refractivity contribution in [1.82, 2.24) is 0 Å². The third-order valence-corrected chi connectivity index (χ3v) is 4.12. The number of anilines is 1. The third-order valence-electron chi connectivity index (χ3n) is 2.54. The van der Waals surface area contributed by atoms with Crippen molar-refractivity contribution in [3.05, 3.63) is 33.9 Å². The fraction of sp³-hybridized carbons (Fsp3) is 0.300. The van der Waals surface area contributed by atoms with Crippen molar-refractivity contribution < 1.29 is 22.9 Å². The fourth-order valence-electron chi connectivity index (χ4n) is 1.80. The zero-order valence-corrected chi connectivity index (χ0v) is 10.7. The number of ether oxygens (including phenoxy) is 1. The van der Waals surface area contributed by atoms with Gasteiger partial charge in [0.2, 0.25) is 10.0 Å². The number of sulfonamides is 1. The Hall–Kier alpha value is -2.16. The van der Waals surface area contributed by atoms with Gasteiger partial charge in [0.15, 0.2) is 0 Å². The number of hydrogen-bond acceptors (Lipinski definition) is 6. The molecule has 0 fully saturated rings. The number of nitrogens with zero attached hydrogens (tertiary/aromatic N) is 2. The van der Waals surface area contributed by atoms with Crippen LogP contribution in [0.5, 0.6) is 0 Å². The highest BCUT2D eigenvalue weighted by Gasteiger charge is 2.39. The monoisotopic (exact) mass is 286 g/mol. The summed E-state index contributed by atoms with van der Waals surface area (Å²) in [6.07, 6.45) is -1.00. The fourth-order valence-corrected chi connectivity index (χ4v) is 3.32. The predicted molar refractivity (Wildman–Crippen MR) is 65.2 cm³/mol. The van der Waals surface area contributed by atoms with Gasteiger partial charge in [0.05, 0.1) is 23.0 Å². The molecule has 1 heterocycles. The lowest BCUT2D eigenvalue weighted by Crippen LogP contribution is -2.34. The quantitative estimate of drug-likeness (QED) is 0.600. The molecule has 0 spiro atoms. The van der Waals surface area contributed by atoms with Crippen molar-refractivity contribution in [1.29, 1.82) is 0 Å². The van der Waals surface area contributed by atoms with Gasteiger partial charge in [0, 0.05) is 17.7 Å². The molecule has 0 saturated heterocycles. The third kappa shape index (κ3) is 2.24. The SMILES string of the molecule is CCOC(=O)N1c2ccc([N+](=O)[O-])cc2CS1(=O)=O. The Morgan fingerprint density at radius 1 is 1.53 bits per heavy atom. The van der Waals surface area contributed by atoms with E-state index in [1.807, 2.05) is 0 Å². The number of hydrogen-bond donors (Lipinski definition) is 0. The summed E-state index contributed by atoms with van der Waals surface area (Å²) in [6, 6.07) is 3.52. The Morgan fingerprint density at radius 3 is 2.79 bits per heavy atom. The molecule has 1 aromatic rings. The first-order valence-corrected chi connectivity index (χ1v) is 6.95. The Morgan fingerprint density at radius 2 is 2.21 bits per heavy atom. The maximum absolute atomic E-state index is 11.9. The van der Waals surface area contributed by atoms with Crippen molar-refractivity contribution in [2.24, 2.45) is 0 Å². The molecule has 0 atom stereocenters. The second-order valence-corrected chi connectivity index (χ2v) is 5.61. The van der Waals surface area contributed by atoms with E-state index in [1.54, 1.807) is 6.92 Å². The van der Waals surface area contributed by atoms with Gasteiger partial charge in [-0.15, -0.1) is 0 Å². The molecule has 9 heteroatoms. The van der Waals surface area contributed by atoms with Crippen molar-refractivity contribution in [2.75, 3.05) is 10.9 Å². The molecule has 19 heavy (non-hydrogen) atoms. The van der Waals surface area contributed by atoms with Crippen LogP contribution in [0.1, 0.15) is 12.5 Å². The molecular weight excluding hydrogens is 276 g/mol. The van der Waals surface area contributed by atoms with Crippen LogP contribution >= 0.6 is 0 Å². The highest BCUT2D eigenvalue weighted by atomic mass is 32.2. The largest absolute Gasteiger partial charge is 0.449 e. The van der Waals surface area contributed by atoms with E-state index in [-0.39, 0.29) is 23.5 Å². The van der Waals surface area contributed by atoms with Crippen molar-refractivity contribution in [3.8, 4) is 0 Å². The first-order valence-electron chi connectivity index (χ1n) is 5.34. The van der Waals surface area contributed by atoms with Crippen LogP contribution in [0.4, 0.5) is 16.2 Å². The minimum absolute atomic E-state index is 0.0349. The van der Waals surface area contributed by atoms with E-state index in [0.717, 1.165) is 12.1 Å². The Labute approximate surface area is 108 Å². The normalized spacial score (nSPS) is 15.9. The summed E-state index contributed by atoms with van der Waals surface area (Å²) < 4.78 is 28.9. The molecular formula is C10H10N2O6S. The van der Waals surface area contributed by atoms with Gasteiger partial charge in [-0.1, -0.05) is 0 Å². The van der Waals surface area contributed by atoms with Crippen LogP contribution in [0.3, 0.4) is 0 Å². The van der Waals surface area contributed by atoms with Gasteiger partial charge in [-0.25, -0.2) is 13.2 Å². The Kier molecular flexibility index (Phi) is 3.14. The number of amides is 1. The van der Waals surface area contributed by atoms with Crippen molar-refractivity contribution >= 4 is 27.5 Å². The Balaban J connectivity index is 2.50. The van der Waals surface area contributed by atoms with Crippen LogP contribution in [-0.2, 0) is 20.5 Å². The first-order chi connectivity index (χ1) is 8.86. The summed E-state index contributed by atoms with van der Waals surface area (Å²) in [5, 5.41) is 10.6. The maximum atomic E-state index is 11.9. The van der Waals surface area contributed by atoms with Gasteiger partial charge < -0.3 is 4.74 Å². The van der Waals surface area contributed by atoms with Crippen LogP contribution in [0.15, 0.2) is 18.2 Å². The number of carbonyl (C=O) groups is 1. The summed E-state index contributed by atoms with van der Waals surface area (Å²) in [7, 11) is -3.87. The zero-order valence-electron chi connectivity index (χ0n) is 9.90. The number of benzene rings is 1. The van der Waals surface area contributed by atoms with E-state index in [1.165, 1.54) is 6.07 Å². The number of rotatable bonds is 2. The lowest BCUT2D eigenvalue weighted by atomic mass is 10.2. The molecule has 0 unspecified atom stereocenters. The smallest absolute Gasteiger partial charge is 0.428 e. The number of non-ortho nitro benzene ring substituents is 1. The predicted octanol–water partition coefficient (Wildman–Crippen LogP) is 1.40. The molecule has 0 aliphatic carbocycles. The zero-order chi connectivity index (χ0) is 14.2. The summed E-state index contributed by atoms with van der Waals surface area (Å²) in [5.74, 6) is -0.456. The topological polar surface area (TPSA) is 107 Å². The van der Waals surface area contributed by atoms with Gasteiger partial charge in [-0.2, -0.15) is 4.31 Å². The number of nitro groups is 1. The highest BCUT2D eigenvalue weighted by molar-refractivity contribution is 7.93. The minimum Gasteiger partial charge on any atom is -0.449 e. The second kappa shape index (κ2) is 4.50. The summed E-state index contributed by atoms with van der Waals surface area (Å²) in [5.41, 5.74) is 0.0889. The molecule has 1 aliphatic rings. The molecule has 1 aliphatic heterocycles. The van der Waals surface area contributed by atoms with Crippen LogP contribution < -0.4 is 4.31 Å². The summed E-state index contributed by atoms with van der Waals surface area (Å²) in [4.78, 5) is 21.6. The molecule has 102 valence electrons. The molecule has 0 bridgehead atoms. The number of fused-ring (bicyclic) bond motifs is 1. The standard InChI is InChI=1S/C10H10N2O6S/c1-2-18-10(13)11-9-4-3-8(12(14)15)5-7(9)6-19(11,16)17/h3-5H,2,6H2,1H3. The second-order valence-electron chi connectivity index (χ2n) is 3.79. The first kappa shape index (κ1) is 13.3. The summed E-state index contributed by atoms with van der Waals surface area (Å²) in [6.45, 7) is 1.59. The van der Waals surface area contributed by atoms with E-state index in [2.05, 4.69) is 4.74 Å². The molecule has 0 aromatic heterocycles. The Bertz CT molecular complexity index is 654. The van der Waals surface area contributed by atoms with Gasteiger partial charge in [0.25, 0.3) is 5.69 Å². The molecule has 0 saturated carbocycles. The van der Waals surface area contributed by atoms with Gasteiger partial charge in [-0.05, 0) is 13.0 Å². The lowest BCUT2D eigenvalue weighted by Gasteiger charge is -2.15. The van der Waals surface area contributed by atoms with E-state index in [4.69, 9.17) is 0 Å². The number of carbonyl (C=O) groups excluding carboxylic acids is 1. The molecule has 0 N–H and O–H groups in total. The minimum atomic E-state index is -3.87. The number of nitro benzene ring substituents is 1. The van der Waals surface area contributed by atoms with Gasteiger partial charge >= 0.3 is 6.09 Å². The van der Waals surface area contributed by atoms with Crippen LogP contribution in [0.25, 0.3) is 0 Å². The summed E-state index contributed by atoms with van der Waals surface area (Å²) >= 11 is 0. The maximum Gasteiger partial charge on any atom is 0.428 e. The average molecular weight is 286 g/mol. The van der Waals surface area contributed by atoms with E-state index in [9.17, 15) is 23.3 Å². The molecule has 1 aromatic carbocycles. The van der Waals surface area contributed by atoms with Crippen molar-refractivity contribution in [3.63, 3.8) is 0 Å². The van der Waals surface area contributed by atoms with E-state index in [0.29, 0.717) is 4.31 Å². The average Bonchev–Trinajstić information content (AvgIpc) is 2.57. The molecule has 0 radical (unpaired) electrons. The molecule has 1 amide bonds.